The molecular formula is C11H8N2O4. The number of likely N-dealkylation sites (tertiary alicyclic amines) is 1. The number of nitrogens with one attached hydrogen (secondary N) is 1. The van der Waals surface area contributed by atoms with Crippen molar-refractivity contribution in [1.82, 2.24) is 10.2 Å². The molecular weight excluding hydrogens is 224 g/mol. The van der Waals surface area contributed by atoms with Crippen LogP contribution in [-0.4, -0.2) is 35.6 Å². The van der Waals surface area contributed by atoms with Crippen LogP contribution in [-0.2, 0) is 19.2 Å². The van der Waals surface area contributed by atoms with Gasteiger partial charge in [0.2, 0.25) is 5.91 Å². The largest absolute Gasteiger partial charge is 0.288 e. The van der Waals surface area contributed by atoms with Crippen molar-refractivity contribution >= 4 is 23.6 Å². The van der Waals surface area contributed by atoms with E-state index in [1.807, 2.05) is 0 Å². The molecule has 0 aromatic rings. The second-order valence-corrected chi connectivity index (χ2v) is 4.23. The Morgan fingerprint density at radius 3 is 2.65 bits per heavy atom. The molecule has 1 unspecified atom stereocenters. The van der Waals surface area contributed by atoms with Crippen LogP contribution in [0, 0.1) is 5.92 Å². The number of carbonyl (C=O) groups is 4. The summed E-state index contributed by atoms with van der Waals surface area (Å²) in [5.41, 5.74) is 0.832. The topological polar surface area (TPSA) is 83.6 Å². The molecule has 3 aliphatic rings. The minimum atomic E-state index is -0.608. The summed E-state index contributed by atoms with van der Waals surface area (Å²) < 4.78 is 0. The minimum absolute atomic E-state index is 0.133. The fourth-order valence-electron chi connectivity index (χ4n) is 2.39. The maximum atomic E-state index is 11.8. The molecule has 4 amide bonds. The minimum Gasteiger partial charge on any atom is -0.288 e. The van der Waals surface area contributed by atoms with Crippen molar-refractivity contribution in [2.75, 3.05) is 7.05 Å². The zero-order chi connectivity index (χ0) is 12.3. The number of hydrogen-bond acceptors (Lipinski definition) is 4. The normalized spacial score (nSPS) is 27.2. The van der Waals surface area contributed by atoms with Crippen molar-refractivity contribution in [3.8, 4) is 0 Å². The highest BCUT2D eigenvalue weighted by Crippen LogP contribution is 2.37. The van der Waals surface area contributed by atoms with Gasteiger partial charge in [0, 0.05) is 23.8 Å². The molecule has 1 saturated heterocycles. The van der Waals surface area contributed by atoms with E-state index in [1.54, 1.807) is 0 Å². The zero-order valence-electron chi connectivity index (χ0n) is 8.94. The first-order valence-electron chi connectivity index (χ1n) is 5.13. The molecule has 1 aliphatic carbocycles. The molecule has 0 spiro atoms. The van der Waals surface area contributed by atoms with Gasteiger partial charge in [0.05, 0.1) is 5.92 Å². The van der Waals surface area contributed by atoms with Crippen molar-refractivity contribution < 1.29 is 19.2 Å². The zero-order valence-corrected chi connectivity index (χ0v) is 8.94. The maximum Gasteiger partial charge on any atom is 0.258 e. The molecule has 1 atom stereocenters. The molecule has 0 bridgehead atoms. The van der Waals surface area contributed by atoms with Crippen LogP contribution in [0.5, 0.6) is 0 Å². The van der Waals surface area contributed by atoms with E-state index in [0.717, 1.165) is 4.90 Å². The van der Waals surface area contributed by atoms with Crippen LogP contribution in [0.1, 0.15) is 6.42 Å². The summed E-state index contributed by atoms with van der Waals surface area (Å²) in [6, 6.07) is 0. The lowest BCUT2D eigenvalue weighted by molar-refractivity contribution is -0.137. The van der Waals surface area contributed by atoms with Crippen molar-refractivity contribution in [2.24, 2.45) is 5.92 Å². The van der Waals surface area contributed by atoms with Crippen LogP contribution in [0.15, 0.2) is 22.8 Å². The Labute approximate surface area is 95.9 Å². The quantitative estimate of drug-likeness (QED) is 0.536. The summed E-state index contributed by atoms with van der Waals surface area (Å²) in [6.07, 6.45) is 1.50. The van der Waals surface area contributed by atoms with Gasteiger partial charge in [0.15, 0.2) is 0 Å². The van der Waals surface area contributed by atoms with Gasteiger partial charge in [-0.15, -0.1) is 0 Å². The lowest BCUT2D eigenvalue weighted by Gasteiger charge is -2.13. The summed E-state index contributed by atoms with van der Waals surface area (Å²) in [5, 5.41) is 2.16. The van der Waals surface area contributed by atoms with E-state index in [2.05, 4.69) is 5.32 Å². The fourth-order valence-corrected chi connectivity index (χ4v) is 2.39. The highest BCUT2D eigenvalue weighted by Gasteiger charge is 2.46. The van der Waals surface area contributed by atoms with Gasteiger partial charge in [-0.3, -0.25) is 29.4 Å². The van der Waals surface area contributed by atoms with Gasteiger partial charge in [-0.25, -0.2) is 0 Å². The Kier molecular flexibility index (Phi) is 1.70. The van der Waals surface area contributed by atoms with Crippen LogP contribution in [0.2, 0.25) is 0 Å². The molecule has 6 nitrogen and oxygen atoms in total. The summed E-state index contributed by atoms with van der Waals surface area (Å²) in [5.74, 6) is -2.28. The van der Waals surface area contributed by atoms with Crippen molar-refractivity contribution in [1.29, 1.82) is 0 Å². The molecule has 17 heavy (non-hydrogen) atoms. The van der Waals surface area contributed by atoms with Crippen LogP contribution in [0.25, 0.3) is 0 Å². The number of hydrogen-bond donors (Lipinski definition) is 1. The van der Waals surface area contributed by atoms with Crippen LogP contribution in [0.3, 0.4) is 0 Å². The van der Waals surface area contributed by atoms with Gasteiger partial charge in [-0.2, -0.15) is 0 Å². The molecule has 3 rings (SSSR count). The van der Waals surface area contributed by atoms with Gasteiger partial charge in [0.25, 0.3) is 17.7 Å². The Balaban J connectivity index is 2.13. The summed E-state index contributed by atoms with van der Waals surface area (Å²) in [7, 11) is 1.40. The predicted molar refractivity (Wildman–Crippen MR) is 54.1 cm³/mol. The predicted octanol–water partition coefficient (Wildman–Crippen LogP) is -1.12. The molecule has 2 heterocycles. The van der Waals surface area contributed by atoms with E-state index in [1.165, 1.54) is 13.1 Å². The lowest BCUT2D eigenvalue weighted by atomic mass is 9.85. The first kappa shape index (κ1) is 9.95. The number of imide groups is 2. The molecule has 1 fully saturated rings. The highest BCUT2D eigenvalue weighted by atomic mass is 16.2. The lowest BCUT2D eigenvalue weighted by Crippen LogP contribution is -2.27. The van der Waals surface area contributed by atoms with Crippen molar-refractivity contribution in [3.63, 3.8) is 0 Å². The van der Waals surface area contributed by atoms with E-state index in [9.17, 15) is 19.2 Å². The third kappa shape index (κ3) is 1.09. The molecule has 1 N–H and O–H groups in total. The number of amides is 4. The number of likely N-dealkylation sites (N-methyl/N-ethyl adjacent to an activating group) is 1. The smallest absolute Gasteiger partial charge is 0.258 e. The number of fused-ring (bicyclic) bond motifs is 1. The average Bonchev–Trinajstić information content (AvgIpc) is 2.70. The van der Waals surface area contributed by atoms with Crippen LogP contribution in [0.4, 0.5) is 0 Å². The first-order valence-corrected chi connectivity index (χ1v) is 5.13. The van der Waals surface area contributed by atoms with E-state index in [4.69, 9.17) is 0 Å². The summed E-state index contributed by atoms with van der Waals surface area (Å²) >= 11 is 0. The third-order valence-electron chi connectivity index (χ3n) is 3.33. The van der Waals surface area contributed by atoms with E-state index in [0.29, 0.717) is 11.1 Å². The second kappa shape index (κ2) is 2.91. The number of nitrogens with zero attached hydrogens (tertiary/aromatic N) is 1. The van der Waals surface area contributed by atoms with Crippen LogP contribution < -0.4 is 5.32 Å². The van der Waals surface area contributed by atoms with Gasteiger partial charge in [-0.1, -0.05) is 0 Å². The number of carbonyl (C=O) groups excluding carboxylic acids is 4. The average molecular weight is 232 g/mol. The Hall–Kier alpha value is -2.24. The standard InChI is InChI=1S/C11H8N2O4/c1-13-10(16)6-2-4-5(3-7(6)11(13)17)9(15)12-8(4)14/h2,7H,3H2,1H3,(H,12,14,15). The van der Waals surface area contributed by atoms with Gasteiger partial charge >= 0.3 is 0 Å². The van der Waals surface area contributed by atoms with E-state index < -0.39 is 23.6 Å². The van der Waals surface area contributed by atoms with Crippen LogP contribution >= 0.6 is 0 Å². The summed E-state index contributed by atoms with van der Waals surface area (Å²) in [4.78, 5) is 47.4. The van der Waals surface area contributed by atoms with Gasteiger partial charge in [0.1, 0.15) is 0 Å². The molecule has 0 aromatic heterocycles. The summed E-state index contributed by atoms with van der Waals surface area (Å²) in [6.45, 7) is 0. The molecule has 6 heteroatoms. The van der Waals surface area contributed by atoms with E-state index >= 15 is 0 Å². The Morgan fingerprint density at radius 2 is 1.94 bits per heavy atom. The highest BCUT2D eigenvalue weighted by molar-refractivity contribution is 6.24. The van der Waals surface area contributed by atoms with Gasteiger partial charge in [-0.05, 0) is 12.5 Å². The van der Waals surface area contributed by atoms with Crippen molar-refractivity contribution in [3.05, 3.63) is 22.8 Å². The molecule has 2 aliphatic heterocycles. The molecule has 0 radical (unpaired) electrons. The maximum absolute atomic E-state index is 11.8. The Morgan fingerprint density at radius 1 is 1.24 bits per heavy atom. The van der Waals surface area contributed by atoms with E-state index in [-0.39, 0.29) is 17.9 Å². The SMILES string of the molecule is CN1C(=O)C2=CC3=C(CC2C1=O)C(=O)NC3=O. The molecule has 0 saturated carbocycles. The number of rotatable bonds is 0. The monoisotopic (exact) mass is 232 g/mol. The van der Waals surface area contributed by atoms with Gasteiger partial charge < -0.3 is 0 Å². The Bertz CT molecular complexity index is 570. The molecule has 0 aromatic carbocycles. The fraction of sp³-hybridized carbons (Fsp3) is 0.273. The third-order valence-corrected chi connectivity index (χ3v) is 3.33. The van der Waals surface area contributed by atoms with Crippen molar-refractivity contribution in [2.45, 2.75) is 6.42 Å². The molecule has 86 valence electrons. The second-order valence-electron chi connectivity index (χ2n) is 4.23. The first-order chi connectivity index (χ1) is 8.00.